The Bertz CT molecular complexity index is 480. The average molecular weight is 305 g/mol. The van der Waals surface area contributed by atoms with E-state index in [0.717, 1.165) is 12.8 Å². The van der Waals surface area contributed by atoms with E-state index in [2.05, 4.69) is 5.32 Å². The number of benzene rings is 1. The van der Waals surface area contributed by atoms with Crippen molar-refractivity contribution in [2.75, 3.05) is 7.11 Å². The summed E-state index contributed by atoms with van der Waals surface area (Å²) in [5, 5.41) is 2.89. The molecule has 1 amide bonds. The molecule has 0 saturated heterocycles. The molecule has 0 heterocycles. The molecule has 0 radical (unpaired) electrons. The SMILES string of the molecule is CCCCC(=O)N[C@H](CC(C)C)C(=O)c1ccc(OC)cc1. The summed E-state index contributed by atoms with van der Waals surface area (Å²) in [6.07, 6.45) is 2.93. The van der Waals surface area contributed by atoms with Gasteiger partial charge in [0.25, 0.3) is 0 Å². The van der Waals surface area contributed by atoms with Crippen LogP contribution < -0.4 is 10.1 Å². The number of amides is 1. The molecule has 0 bridgehead atoms. The first-order valence-corrected chi connectivity index (χ1v) is 7.95. The normalized spacial score (nSPS) is 12.0. The fraction of sp³-hybridized carbons (Fsp3) is 0.556. The van der Waals surface area contributed by atoms with Crippen LogP contribution in [-0.4, -0.2) is 24.8 Å². The summed E-state index contributed by atoms with van der Waals surface area (Å²) in [7, 11) is 1.59. The van der Waals surface area contributed by atoms with Crippen LogP contribution in [0.5, 0.6) is 5.75 Å². The molecule has 1 atom stereocenters. The van der Waals surface area contributed by atoms with Gasteiger partial charge in [-0.05, 0) is 43.0 Å². The van der Waals surface area contributed by atoms with E-state index in [1.165, 1.54) is 0 Å². The molecule has 0 aliphatic rings. The Morgan fingerprint density at radius 1 is 1.18 bits per heavy atom. The zero-order valence-electron chi connectivity index (χ0n) is 14.0. The highest BCUT2D eigenvalue weighted by atomic mass is 16.5. The Hall–Kier alpha value is -1.84. The Morgan fingerprint density at radius 2 is 1.82 bits per heavy atom. The molecule has 0 unspecified atom stereocenters. The molecule has 0 saturated carbocycles. The lowest BCUT2D eigenvalue weighted by molar-refractivity contribution is -0.121. The van der Waals surface area contributed by atoms with Crippen molar-refractivity contribution in [2.24, 2.45) is 5.92 Å². The van der Waals surface area contributed by atoms with E-state index in [-0.39, 0.29) is 11.7 Å². The number of nitrogens with one attached hydrogen (secondary N) is 1. The van der Waals surface area contributed by atoms with Gasteiger partial charge in [-0.3, -0.25) is 9.59 Å². The van der Waals surface area contributed by atoms with Crippen LogP contribution >= 0.6 is 0 Å². The lowest BCUT2D eigenvalue weighted by atomic mass is 9.95. The van der Waals surface area contributed by atoms with E-state index in [4.69, 9.17) is 4.74 Å². The minimum atomic E-state index is -0.460. The molecule has 1 N–H and O–H groups in total. The number of methoxy groups -OCH3 is 1. The first kappa shape index (κ1) is 18.2. The first-order chi connectivity index (χ1) is 10.5. The van der Waals surface area contributed by atoms with E-state index < -0.39 is 6.04 Å². The molecule has 0 aliphatic heterocycles. The summed E-state index contributed by atoms with van der Waals surface area (Å²) in [6, 6.07) is 6.55. The largest absolute Gasteiger partial charge is 0.497 e. The van der Waals surface area contributed by atoms with E-state index in [1.807, 2.05) is 20.8 Å². The fourth-order valence-corrected chi connectivity index (χ4v) is 2.26. The Kier molecular flexibility index (Phi) is 7.64. The summed E-state index contributed by atoms with van der Waals surface area (Å²) >= 11 is 0. The van der Waals surface area contributed by atoms with Gasteiger partial charge < -0.3 is 10.1 Å². The topological polar surface area (TPSA) is 55.4 Å². The van der Waals surface area contributed by atoms with Crippen LogP contribution in [0.4, 0.5) is 0 Å². The third-order valence-corrected chi connectivity index (χ3v) is 3.49. The van der Waals surface area contributed by atoms with Crippen LogP contribution in [-0.2, 0) is 4.79 Å². The second-order valence-electron chi connectivity index (χ2n) is 5.95. The number of Topliss-reactive ketones (excluding diaryl/α,β-unsaturated/α-hetero) is 1. The van der Waals surface area contributed by atoms with Crippen molar-refractivity contribution in [3.8, 4) is 5.75 Å². The van der Waals surface area contributed by atoms with Gasteiger partial charge in [0.15, 0.2) is 5.78 Å². The lowest BCUT2D eigenvalue weighted by Gasteiger charge is -2.20. The van der Waals surface area contributed by atoms with Crippen molar-refractivity contribution in [3.63, 3.8) is 0 Å². The maximum absolute atomic E-state index is 12.6. The maximum Gasteiger partial charge on any atom is 0.220 e. The molecule has 0 fully saturated rings. The molecule has 1 aromatic carbocycles. The van der Waals surface area contributed by atoms with Crippen molar-refractivity contribution in [2.45, 2.75) is 52.5 Å². The number of ketones is 1. The predicted octanol–water partition coefficient (Wildman–Crippen LogP) is 3.60. The molecule has 1 aromatic rings. The third-order valence-electron chi connectivity index (χ3n) is 3.49. The van der Waals surface area contributed by atoms with Gasteiger partial charge in [0.1, 0.15) is 5.75 Å². The van der Waals surface area contributed by atoms with Gasteiger partial charge >= 0.3 is 0 Å². The van der Waals surface area contributed by atoms with Crippen molar-refractivity contribution in [1.29, 1.82) is 0 Å². The van der Waals surface area contributed by atoms with Crippen LogP contribution in [0.2, 0.25) is 0 Å². The van der Waals surface area contributed by atoms with Gasteiger partial charge in [0.2, 0.25) is 5.91 Å². The summed E-state index contributed by atoms with van der Waals surface area (Å²) < 4.78 is 5.10. The molecule has 0 spiro atoms. The average Bonchev–Trinajstić information content (AvgIpc) is 2.51. The highest BCUT2D eigenvalue weighted by Gasteiger charge is 2.23. The zero-order valence-corrected chi connectivity index (χ0v) is 14.0. The number of rotatable bonds is 9. The van der Waals surface area contributed by atoms with Gasteiger partial charge in [-0.1, -0.05) is 27.2 Å². The molecular weight excluding hydrogens is 278 g/mol. The molecule has 4 heteroatoms. The van der Waals surface area contributed by atoms with Crippen LogP contribution in [0.15, 0.2) is 24.3 Å². The Morgan fingerprint density at radius 3 is 2.32 bits per heavy atom. The molecule has 0 aromatic heterocycles. The number of hydrogen-bond acceptors (Lipinski definition) is 3. The third kappa shape index (κ3) is 5.88. The Labute approximate surface area is 133 Å². The van der Waals surface area contributed by atoms with Crippen LogP contribution in [0.3, 0.4) is 0 Å². The smallest absolute Gasteiger partial charge is 0.220 e. The number of carbonyl (C=O) groups excluding carboxylic acids is 2. The molecule has 122 valence electrons. The first-order valence-electron chi connectivity index (χ1n) is 7.95. The van der Waals surface area contributed by atoms with Crippen LogP contribution in [0.25, 0.3) is 0 Å². The second kappa shape index (κ2) is 9.23. The summed E-state index contributed by atoms with van der Waals surface area (Å²) in [5.41, 5.74) is 0.599. The molecular formula is C18H27NO3. The summed E-state index contributed by atoms with van der Waals surface area (Å²) in [6.45, 7) is 6.14. The zero-order chi connectivity index (χ0) is 16.5. The monoisotopic (exact) mass is 305 g/mol. The number of unbranched alkanes of at least 4 members (excludes halogenated alkanes) is 1. The summed E-state index contributed by atoms with van der Waals surface area (Å²) in [4.78, 5) is 24.6. The highest BCUT2D eigenvalue weighted by Crippen LogP contribution is 2.16. The van der Waals surface area contributed by atoms with E-state index in [1.54, 1.807) is 31.4 Å². The molecule has 1 rings (SSSR count). The van der Waals surface area contributed by atoms with Gasteiger partial charge in [-0.2, -0.15) is 0 Å². The second-order valence-corrected chi connectivity index (χ2v) is 5.95. The van der Waals surface area contributed by atoms with Crippen LogP contribution in [0.1, 0.15) is 56.8 Å². The quantitative estimate of drug-likeness (QED) is 0.709. The van der Waals surface area contributed by atoms with E-state index in [9.17, 15) is 9.59 Å². The molecule has 4 nitrogen and oxygen atoms in total. The van der Waals surface area contributed by atoms with Crippen molar-refractivity contribution < 1.29 is 14.3 Å². The summed E-state index contributed by atoms with van der Waals surface area (Å²) in [5.74, 6) is 0.957. The minimum absolute atomic E-state index is 0.0406. The van der Waals surface area contributed by atoms with Gasteiger partial charge in [0, 0.05) is 12.0 Å². The van der Waals surface area contributed by atoms with Gasteiger partial charge in [0.05, 0.1) is 13.2 Å². The minimum Gasteiger partial charge on any atom is -0.497 e. The standard InChI is InChI=1S/C18H27NO3/c1-5-6-7-17(20)19-16(12-13(2)3)18(21)14-8-10-15(22-4)11-9-14/h8-11,13,16H,5-7,12H2,1-4H3,(H,19,20)/t16-/m1/s1. The van der Waals surface area contributed by atoms with Gasteiger partial charge in [-0.15, -0.1) is 0 Å². The fourth-order valence-electron chi connectivity index (χ4n) is 2.26. The number of hydrogen-bond donors (Lipinski definition) is 1. The lowest BCUT2D eigenvalue weighted by Crippen LogP contribution is -2.41. The molecule has 0 aliphatic carbocycles. The molecule has 22 heavy (non-hydrogen) atoms. The van der Waals surface area contributed by atoms with E-state index in [0.29, 0.717) is 30.1 Å². The van der Waals surface area contributed by atoms with Crippen LogP contribution in [0, 0.1) is 5.92 Å². The van der Waals surface area contributed by atoms with Crippen molar-refractivity contribution in [3.05, 3.63) is 29.8 Å². The maximum atomic E-state index is 12.6. The van der Waals surface area contributed by atoms with Gasteiger partial charge in [-0.25, -0.2) is 0 Å². The van der Waals surface area contributed by atoms with Crippen molar-refractivity contribution in [1.82, 2.24) is 5.32 Å². The number of ether oxygens (including phenoxy) is 1. The Balaban J connectivity index is 2.80. The van der Waals surface area contributed by atoms with Crippen molar-refractivity contribution >= 4 is 11.7 Å². The predicted molar refractivity (Wildman–Crippen MR) is 88.2 cm³/mol. The number of carbonyl (C=O) groups is 2. The highest BCUT2D eigenvalue weighted by molar-refractivity contribution is 6.02. The van der Waals surface area contributed by atoms with E-state index >= 15 is 0 Å².